The van der Waals surface area contributed by atoms with Gasteiger partial charge in [0.25, 0.3) is 11.4 Å². The van der Waals surface area contributed by atoms with E-state index in [9.17, 15) is 22.8 Å². The number of benzene rings is 1. The maximum absolute atomic E-state index is 13.6. The van der Waals surface area contributed by atoms with Gasteiger partial charge in [0.2, 0.25) is 0 Å². The molecular formula is C16H10F3N5O3. The van der Waals surface area contributed by atoms with Crippen LogP contribution in [-0.2, 0) is 6.18 Å². The summed E-state index contributed by atoms with van der Waals surface area (Å²) in [6.07, 6.45) is -4.79. The zero-order valence-corrected chi connectivity index (χ0v) is 13.6. The van der Waals surface area contributed by atoms with Gasteiger partial charge in [-0.3, -0.25) is 4.79 Å². The molecule has 0 aliphatic heterocycles. The lowest BCUT2D eigenvalue weighted by molar-refractivity contribution is -0.140. The van der Waals surface area contributed by atoms with Crippen LogP contribution in [0.2, 0.25) is 0 Å². The number of hydrogen-bond donors (Lipinski definition) is 2. The van der Waals surface area contributed by atoms with Gasteiger partial charge < -0.3 is 9.40 Å². The molecule has 0 aliphatic carbocycles. The molecule has 0 bridgehead atoms. The molecule has 0 aliphatic rings. The molecule has 0 unspecified atom stereocenters. The first-order valence-electron chi connectivity index (χ1n) is 7.61. The zero-order valence-electron chi connectivity index (χ0n) is 13.6. The fourth-order valence-electron chi connectivity index (χ4n) is 2.85. The second kappa shape index (κ2) is 5.69. The number of nitrogens with zero attached hydrogens (tertiary/aromatic N) is 3. The number of aromatic amines is 2. The van der Waals surface area contributed by atoms with Gasteiger partial charge >= 0.3 is 11.9 Å². The summed E-state index contributed by atoms with van der Waals surface area (Å²) in [7, 11) is 0. The molecule has 3 aromatic heterocycles. The normalized spacial score (nSPS) is 12.0. The van der Waals surface area contributed by atoms with Crippen molar-refractivity contribution < 1.29 is 17.6 Å². The van der Waals surface area contributed by atoms with Crippen LogP contribution < -0.4 is 11.3 Å². The second-order valence-corrected chi connectivity index (χ2v) is 5.70. The highest BCUT2D eigenvalue weighted by Crippen LogP contribution is 2.38. The minimum absolute atomic E-state index is 0.127. The number of rotatable bonds is 2. The Hall–Kier alpha value is -3.63. The van der Waals surface area contributed by atoms with Crippen molar-refractivity contribution in [2.45, 2.75) is 13.1 Å². The molecule has 8 nitrogen and oxygen atoms in total. The van der Waals surface area contributed by atoms with Crippen molar-refractivity contribution in [3.8, 4) is 22.6 Å². The molecular weight excluding hydrogens is 367 g/mol. The second-order valence-electron chi connectivity index (χ2n) is 5.70. The molecule has 11 heteroatoms. The van der Waals surface area contributed by atoms with E-state index in [-0.39, 0.29) is 33.9 Å². The number of aromatic nitrogens is 5. The van der Waals surface area contributed by atoms with Crippen molar-refractivity contribution >= 4 is 5.65 Å². The number of fused-ring (bicyclic) bond motifs is 1. The molecule has 2 N–H and O–H groups in total. The highest BCUT2D eigenvalue weighted by Gasteiger charge is 2.39. The Balaban J connectivity index is 2.12. The van der Waals surface area contributed by atoms with Gasteiger partial charge in [-0.15, -0.1) is 5.10 Å². The van der Waals surface area contributed by atoms with Crippen LogP contribution in [0.1, 0.15) is 11.4 Å². The van der Waals surface area contributed by atoms with Crippen LogP contribution in [0, 0.1) is 6.92 Å². The fraction of sp³-hybridized carbons (Fsp3) is 0.125. The van der Waals surface area contributed by atoms with E-state index in [0.29, 0.717) is 4.52 Å². The van der Waals surface area contributed by atoms with Crippen molar-refractivity contribution in [2.24, 2.45) is 0 Å². The van der Waals surface area contributed by atoms with E-state index in [2.05, 4.69) is 15.2 Å². The first-order chi connectivity index (χ1) is 12.8. The highest BCUT2D eigenvalue weighted by atomic mass is 19.4. The van der Waals surface area contributed by atoms with E-state index in [1.807, 2.05) is 5.10 Å². The van der Waals surface area contributed by atoms with Gasteiger partial charge in [-0.1, -0.05) is 30.3 Å². The van der Waals surface area contributed by atoms with Crippen molar-refractivity contribution in [2.75, 3.05) is 0 Å². The van der Waals surface area contributed by atoms with Crippen molar-refractivity contribution in [1.82, 2.24) is 24.8 Å². The van der Waals surface area contributed by atoms with Gasteiger partial charge in [0.15, 0.2) is 5.69 Å². The summed E-state index contributed by atoms with van der Waals surface area (Å²) in [6, 6.07) is 7.79. The summed E-state index contributed by atoms with van der Waals surface area (Å²) in [6.45, 7) is 1.46. The van der Waals surface area contributed by atoms with E-state index < -0.39 is 23.2 Å². The smallest absolute Gasteiger partial charge is 0.387 e. The van der Waals surface area contributed by atoms with E-state index in [1.165, 1.54) is 19.1 Å². The lowest BCUT2D eigenvalue weighted by Crippen LogP contribution is -2.20. The third-order valence-electron chi connectivity index (χ3n) is 3.96. The molecule has 0 radical (unpaired) electrons. The number of aryl methyl sites for hydroxylation is 1. The van der Waals surface area contributed by atoms with Crippen LogP contribution in [0.4, 0.5) is 13.2 Å². The average molecular weight is 377 g/mol. The molecule has 0 amide bonds. The van der Waals surface area contributed by atoms with Crippen molar-refractivity contribution in [3.05, 3.63) is 62.6 Å². The topological polar surface area (TPSA) is 109 Å². The predicted octanol–water partition coefficient (Wildman–Crippen LogP) is 2.36. The Labute approximate surface area is 147 Å². The fourth-order valence-corrected chi connectivity index (χ4v) is 2.85. The van der Waals surface area contributed by atoms with Crippen LogP contribution in [0.15, 0.2) is 44.3 Å². The first kappa shape index (κ1) is 16.8. The van der Waals surface area contributed by atoms with Gasteiger partial charge in [0.05, 0.1) is 5.56 Å². The minimum Gasteiger partial charge on any atom is -0.387 e. The van der Waals surface area contributed by atoms with Gasteiger partial charge in [0.1, 0.15) is 11.2 Å². The summed E-state index contributed by atoms with van der Waals surface area (Å²) in [5, 5.41) is 9.05. The van der Waals surface area contributed by atoms with Crippen molar-refractivity contribution in [3.63, 3.8) is 0 Å². The number of H-pyrrole nitrogens is 2. The first-order valence-corrected chi connectivity index (χ1v) is 7.61. The van der Waals surface area contributed by atoms with Crippen LogP contribution >= 0.6 is 0 Å². The van der Waals surface area contributed by atoms with E-state index in [4.69, 9.17) is 4.42 Å². The SMILES string of the molecule is Cc1[nH]c2c(-c3ccccc3)c(C(F)(F)F)nn2c(=O)c1-c1n[nH]c(=O)o1. The van der Waals surface area contributed by atoms with Crippen LogP contribution in [0.25, 0.3) is 28.2 Å². The average Bonchev–Trinajstić information content (AvgIpc) is 3.19. The molecule has 3 heterocycles. The van der Waals surface area contributed by atoms with Gasteiger partial charge in [-0.2, -0.15) is 22.8 Å². The quantitative estimate of drug-likeness (QED) is 0.557. The zero-order chi connectivity index (χ0) is 19.3. The standard InChI is InChI=1S/C16H10F3N5O3/c1-7-9(13-21-22-15(26)27-13)14(25)24-12(20-7)10(8-5-3-2-4-6-8)11(23-24)16(17,18)19/h2-6,20H,1H3,(H,22,26). The summed E-state index contributed by atoms with van der Waals surface area (Å²) < 4.78 is 46.1. The van der Waals surface area contributed by atoms with E-state index >= 15 is 0 Å². The van der Waals surface area contributed by atoms with E-state index in [0.717, 1.165) is 0 Å². The number of hydrogen-bond acceptors (Lipinski definition) is 5. The van der Waals surface area contributed by atoms with Gasteiger partial charge in [-0.05, 0) is 12.5 Å². The van der Waals surface area contributed by atoms with Gasteiger partial charge in [-0.25, -0.2) is 9.89 Å². The Morgan fingerprint density at radius 3 is 2.41 bits per heavy atom. The van der Waals surface area contributed by atoms with Gasteiger partial charge in [0, 0.05) is 5.69 Å². The largest absolute Gasteiger partial charge is 0.435 e. The predicted molar refractivity (Wildman–Crippen MR) is 87.1 cm³/mol. The molecule has 0 saturated heterocycles. The summed E-state index contributed by atoms with van der Waals surface area (Å²) in [5.74, 6) is -1.24. The lowest BCUT2D eigenvalue weighted by atomic mass is 10.1. The highest BCUT2D eigenvalue weighted by molar-refractivity contribution is 5.81. The summed E-state index contributed by atoms with van der Waals surface area (Å²) in [4.78, 5) is 26.7. The maximum atomic E-state index is 13.6. The Morgan fingerprint density at radius 2 is 1.81 bits per heavy atom. The third-order valence-corrected chi connectivity index (χ3v) is 3.96. The monoisotopic (exact) mass is 377 g/mol. The molecule has 27 heavy (non-hydrogen) atoms. The molecule has 0 saturated carbocycles. The molecule has 1 aromatic carbocycles. The number of nitrogens with one attached hydrogen (secondary N) is 2. The minimum atomic E-state index is -4.79. The van der Waals surface area contributed by atoms with E-state index in [1.54, 1.807) is 18.2 Å². The third kappa shape index (κ3) is 2.63. The van der Waals surface area contributed by atoms with Crippen molar-refractivity contribution in [1.29, 1.82) is 0 Å². The number of halogens is 3. The maximum Gasteiger partial charge on any atom is 0.435 e. The molecule has 0 spiro atoms. The van der Waals surface area contributed by atoms with Crippen LogP contribution in [0.3, 0.4) is 0 Å². The molecule has 0 atom stereocenters. The lowest BCUT2D eigenvalue weighted by Gasteiger charge is -2.07. The Kier molecular flexibility index (Phi) is 3.54. The number of alkyl halides is 3. The summed E-state index contributed by atoms with van der Waals surface area (Å²) in [5.41, 5.74) is -2.26. The summed E-state index contributed by atoms with van der Waals surface area (Å²) >= 11 is 0. The molecule has 138 valence electrons. The molecule has 4 aromatic rings. The Morgan fingerprint density at radius 1 is 1.11 bits per heavy atom. The Bertz CT molecular complexity index is 1260. The molecule has 4 rings (SSSR count). The molecule has 0 fully saturated rings. The van der Waals surface area contributed by atoms with Crippen LogP contribution in [-0.4, -0.2) is 24.8 Å². The van der Waals surface area contributed by atoms with Crippen LogP contribution in [0.5, 0.6) is 0 Å².